The zero-order valence-corrected chi connectivity index (χ0v) is 19.2. The van der Waals surface area contributed by atoms with Crippen molar-refractivity contribution in [2.24, 2.45) is 0 Å². The number of phenolic OH excluding ortho intramolecular Hbond substituents is 1. The van der Waals surface area contributed by atoms with Crippen LogP contribution in [0.15, 0.2) is 51.7 Å². The molecule has 32 heavy (non-hydrogen) atoms. The molecule has 1 N–H and O–H groups in total. The van der Waals surface area contributed by atoms with Gasteiger partial charge in [0.15, 0.2) is 0 Å². The second-order valence-corrected chi connectivity index (χ2v) is 9.49. The van der Waals surface area contributed by atoms with Crippen molar-refractivity contribution in [3.05, 3.63) is 69.0 Å². The lowest BCUT2D eigenvalue weighted by Gasteiger charge is -2.37. The van der Waals surface area contributed by atoms with Gasteiger partial charge >= 0.3 is 5.63 Å². The molecular formula is C25H27N3O3S. The van der Waals surface area contributed by atoms with Gasteiger partial charge in [-0.3, -0.25) is 9.80 Å². The van der Waals surface area contributed by atoms with Crippen LogP contribution in [-0.4, -0.2) is 46.1 Å². The molecule has 3 heterocycles. The van der Waals surface area contributed by atoms with E-state index in [0.717, 1.165) is 54.6 Å². The van der Waals surface area contributed by atoms with Crippen LogP contribution in [0, 0.1) is 0 Å². The summed E-state index contributed by atoms with van der Waals surface area (Å²) in [6.45, 7) is 8.70. The summed E-state index contributed by atoms with van der Waals surface area (Å²) in [7, 11) is 0. The highest BCUT2D eigenvalue weighted by Crippen LogP contribution is 2.31. The molecule has 4 aromatic rings. The van der Waals surface area contributed by atoms with Gasteiger partial charge in [-0.15, -0.1) is 11.3 Å². The average molecular weight is 450 g/mol. The van der Waals surface area contributed by atoms with Gasteiger partial charge in [0.25, 0.3) is 0 Å². The molecule has 1 aliphatic rings. The maximum atomic E-state index is 12.1. The molecule has 0 saturated carbocycles. The van der Waals surface area contributed by atoms with Gasteiger partial charge in [-0.2, -0.15) is 0 Å². The molecule has 166 valence electrons. The van der Waals surface area contributed by atoms with Gasteiger partial charge in [-0.1, -0.05) is 19.1 Å². The third kappa shape index (κ3) is 4.03. The highest BCUT2D eigenvalue weighted by Gasteiger charge is 2.25. The Morgan fingerprint density at radius 1 is 1.12 bits per heavy atom. The van der Waals surface area contributed by atoms with E-state index in [1.54, 1.807) is 23.5 Å². The second kappa shape index (κ2) is 8.65. The predicted molar refractivity (Wildman–Crippen MR) is 128 cm³/mol. The molecule has 0 aliphatic carbocycles. The maximum Gasteiger partial charge on any atom is 0.336 e. The molecule has 2 aromatic heterocycles. The number of fused-ring (bicyclic) bond motifs is 2. The molecule has 7 heteroatoms. The van der Waals surface area contributed by atoms with Crippen molar-refractivity contribution in [3.63, 3.8) is 0 Å². The third-order valence-corrected chi connectivity index (χ3v) is 7.63. The van der Waals surface area contributed by atoms with Crippen molar-refractivity contribution < 1.29 is 9.52 Å². The molecule has 6 nitrogen and oxygen atoms in total. The van der Waals surface area contributed by atoms with Gasteiger partial charge in [-0.25, -0.2) is 9.78 Å². The van der Waals surface area contributed by atoms with Gasteiger partial charge in [0.1, 0.15) is 16.3 Å². The van der Waals surface area contributed by atoms with Gasteiger partial charge in [0.2, 0.25) is 0 Å². The average Bonchev–Trinajstić information content (AvgIpc) is 3.23. The number of hydrogen-bond donors (Lipinski definition) is 1. The normalized spacial score (nSPS) is 16.7. The maximum absolute atomic E-state index is 12.1. The topological polar surface area (TPSA) is 69.8 Å². The van der Waals surface area contributed by atoms with Crippen LogP contribution in [0.25, 0.3) is 21.2 Å². The fourth-order valence-electron chi connectivity index (χ4n) is 4.50. The molecule has 1 aliphatic heterocycles. The van der Waals surface area contributed by atoms with Crippen molar-refractivity contribution in [2.75, 3.05) is 26.2 Å². The number of phenols is 1. The quantitative estimate of drug-likeness (QED) is 0.451. The van der Waals surface area contributed by atoms with Crippen LogP contribution in [0.4, 0.5) is 0 Å². The first-order valence-corrected chi connectivity index (χ1v) is 11.9. The zero-order chi connectivity index (χ0) is 22.2. The van der Waals surface area contributed by atoms with E-state index >= 15 is 0 Å². The van der Waals surface area contributed by atoms with E-state index in [2.05, 4.69) is 34.9 Å². The van der Waals surface area contributed by atoms with Crippen LogP contribution in [-0.2, 0) is 13.0 Å². The summed E-state index contributed by atoms with van der Waals surface area (Å²) < 4.78 is 6.58. The summed E-state index contributed by atoms with van der Waals surface area (Å²) in [5.41, 5.74) is 2.97. The molecule has 1 atom stereocenters. The Bertz CT molecular complexity index is 1290. The molecule has 1 saturated heterocycles. The van der Waals surface area contributed by atoms with Crippen LogP contribution in [0.2, 0.25) is 0 Å². The molecule has 0 amide bonds. The molecule has 0 radical (unpaired) electrons. The largest absolute Gasteiger partial charge is 0.508 e. The zero-order valence-electron chi connectivity index (χ0n) is 18.4. The molecule has 1 fully saturated rings. The Hall–Kier alpha value is -2.74. The Morgan fingerprint density at radius 3 is 2.66 bits per heavy atom. The van der Waals surface area contributed by atoms with Crippen LogP contribution in [0.5, 0.6) is 5.75 Å². The van der Waals surface area contributed by atoms with E-state index in [1.165, 1.54) is 9.71 Å². The first kappa shape index (κ1) is 21.1. The van der Waals surface area contributed by atoms with Crippen LogP contribution in [0.3, 0.4) is 0 Å². The van der Waals surface area contributed by atoms with E-state index in [9.17, 15) is 9.90 Å². The van der Waals surface area contributed by atoms with Gasteiger partial charge in [0, 0.05) is 50.2 Å². The van der Waals surface area contributed by atoms with Gasteiger partial charge in [-0.05, 0) is 42.7 Å². The monoisotopic (exact) mass is 449 g/mol. The number of aromatic hydroxyl groups is 1. The highest BCUT2D eigenvalue weighted by molar-refractivity contribution is 7.18. The second-order valence-electron chi connectivity index (χ2n) is 8.43. The molecule has 0 bridgehead atoms. The summed E-state index contributed by atoms with van der Waals surface area (Å²) in [4.78, 5) is 21.8. The van der Waals surface area contributed by atoms with E-state index in [0.29, 0.717) is 12.1 Å². The Balaban J connectivity index is 1.30. The number of aromatic nitrogens is 1. The Labute approximate surface area is 190 Å². The first-order valence-electron chi connectivity index (χ1n) is 11.1. The first-order chi connectivity index (χ1) is 15.5. The highest BCUT2D eigenvalue weighted by atomic mass is 32.1. The van der Waals surface area contributed by atoms with Crippen molar-refractivity contribution in [3.8, 4) is 5.75 Å². The van der Waals surface area contributed by atoms with Crippen molar-refractivity contribution in [1.29, 1.82) is 0 Å². The number of nitrogens with zero attached hydrogens (tertiary/aromatic N) is 3. The van der Waals surface area contributed by atoms with Crippen LogP contribution < -0.4 is 5.63 Å². The van der Waals surface area contributed by atoms with Gasteiger partial charge < -0.3 is 9.52 Å². The number of aryl methyl sites for hydroxylation is 1. The van der Waals surface area contributed by atoms with Crippen molar-refractivity contribution in [2.45, 2.75) is 32.9 Å². The minimum atomic E-state index is -0.376. The lowest BCUT2D eigenvalue weighted by atomic mass is 10.0. The summed E-state index contributed by atoms with van der Waals surface area (Å²) in [5.74, 6) is 0.178. The summed E-state index contributed by atoms with van der Waals surface area (Å²) in [5, 5.41) is 12.2. The smallest absolute Gasteiger partial charge is 0.336 e. The van der Waals surface area contributed by atoms with Crippen LogP contribution >= 0.6 is 11.3 Å². The fourth-order valence-corrected chi connectivity index (χ4v) is 5.55. The van der Waals surface area contributed by atoms with E-state index in [4.69, 9.17) is 9.40 Å². The number of para-hydroxylation sites is 1. The number of thiazole rings is 1. The summed E-state index contributed by atoms with van der Waals surface area (Å²) in [6.07, 6.45) is 0.725. The van der Waals surface area contributed by atoms with Gasteiger partial charge in [0.05, 0.1) is 16.3 Å². The molecular weight excluding hydrogens is 422 g/mol. The SMILES string of the molecule is CCc1cc2c(CN3CCN([C@H](C)c4nc5ccccc5s4)CC3)cc(=O)oc2cc1O. The number of benzene rings is 2. The van der Waals surface area contributed by atoms with Crippen molar-refractivity contribution in [1.82, 2.24) is 14.8 Å². The number of hydrogen-bond acceptors (Lipinski definition) is 7. The molecule has 2 aromatic carbocycles. The minimum Gasteiger partial charge on any atom is -0.508 e. The third-order valence-electron chi connectivity index (χ3n) is 6.43. The van der Waals surface area contributed by atoms with Crippen LogP contribution in [0.1, 0.15) is 36.0 Å². The standard InChI is InChI=1S/C25H27N3O3S/c1-3-17-12-19-18(13-24(30)31-22(19)14-21(17)29)15-27-8-10-28(11-9-27)16(2)25-26-20-6-4-5-7-23(20)32-25/h4-7,12-14,16,29H,3,8-11,15H2,1-2H3/t16-/m1/s1. The Kier molecular flexibility index (Phi) is 5.71. The molecule has 5 rings (SSSR count). The fraction of sp³-hybridized carbons (Fsp3) is 0.360. The van der Waals surface area contributed by atoms with Crippen molar-refractivity contribution >= 4 is 32.5 Å². The minimum absolute atomic E-state index is 0.178. The summed E-state index contributed by atoms with van der Waals surface area (Å²) >= 11 is 1.78. The van der Waals surface area contributed by atoms with E-state index in [-0.39, 0.29) is 17.4 Å². The predicted octanol–water partition coefficient (Wildman–Crippen LogP) is 4.55. The number of piperazine rings is 1. The molecule has 0 spiro atoms. The lowest BCUT2D eigenvalue weighted by Crippen LogP contribution is -2.46. The number of rotatable bonds is 5. The lowest BCUT2D eigenvalue weighted by molar-refractivity contribution is 0.0980. The molecule has 0 unspecified atom stereocenters. The summed E-state index contributed by atoms with van der Waals surface area (Å²) in [6, 6.07) is 13.7. The van der Waals surface area contributed by atoms with E-state index < -0.39 is 0 Å². The Morgan fingerprint density at radius 2 is 1.91 bits per heavy atom. The van der Waals surface area contributed by atoms with E-state index in [1.807, 2.05) is 19.1 Å².